The summed E-state index contributed by atoms with van der Waals surface area (Å²) in [6, 6.07) is 7.53. The van der Waals surface area contributed by atoms with Gasteiger partial charge in [-0.2, -0.15) is 5.10 Å². The summed E-state index contributed by atoms with van der Waals surface area (Å²) >= 11 is 18.1. The highest BCUT2D eigenvalue weighted by Crippen LogP contribution is 2.53. The molecule has 0 radical (unpaired) electrons. The maximum absolute atomic E-state index is 11.2. The first-order valence-electron chi connectivity index (χ1n) is 6.91. The molecule has 0 amide bonds. The Hall–Kier alpha value is -0.680. The van der Waals surface area contributed by atoms with E-state index in [9.17, 15) is 5.11 Å². The van der Waals surface area contributed by atoms with Crippen molar-refractivity contribution in [2.75, 3.05) is 6.54 Å². The molecule has 0 aromatic heterocycles. The molecular weight excluding hydrogens is 327 g/mol. The van der Waals surface area contributed by atoms with Gasteiger partial charge in [-0.15, -0.1) is 11.6 Å². The van der Waals surface area contributed by atoms with Crippen LogP contribution in [0.4, 0.5) is 0 Å². The van der Waals surface area contributed by atoms with Crippen LogP contribution in [-0.4, -0.2) is 38.3 Å². The van der Waals surface area contributed by atoms with E-state index < -0.39 is 10.5 Å². The van der Waals surface area contributed by atoms with Gasteiger partial charge in [0.2, 0.25) is 0 Å². The number of alkyl halides is 1. The lowest BCUT2D eigenvalue weighted by atomic mass is 9.88. The fourth-order valence-electron chi connectivity index (χ4n) is 2.65. The number of nitrogens with zero attached hydrogens (tertiary/aromatic N) is 2. The lowest BCUT2D eigenvalue weighted by Crippen LogP contribution is -2.51. The number of hydrazone groups is 1. The maximum Gasteiger partial charge on any atom is 0.107 e. The standard InChI is InChI=1S/C15H16Cl2N2OS/c16-12-4-2-1-3-11(12)9-15(20,14(17)6-7-14)10-19-13(21)5-8-18-19/h1-4,8,20H,5-7,9-10H2/t15-/m1/s1. The van der Waals surface area contributed by atoms with Crippen molar-refractivity contribution in [1.82, 2.24) is 5.01 Å². The Morgan fingerprint density at radius 1 is 1.38 bits per heavy atom. The second kappa shape index (κ2) is 5.51. The zero-order valence-electron chi connectivity index (χ0n) is 11.4. The highest BCUT2D eigenvalue weighted by molar-refractivity contribution is 7.80. The van der Waals surface area contributed by atoms with Crippen molar-refractivity contribution in [1.29, 1.82) is 0 Å². The average molecular weight is 343 g/mol. The van der Waals surface area contributed by atoms with Crippen molar-refractivity contribution in [2.45, 2.75) is 36.2 Å². The summed E-state index contributed by atoms with van der Waals surface area (Å²) in [4.78, 5) is 0.105. The number of hydrogen-bond donors (Lipinski definition) is 1. The predicted octanol–water partition coefficient (Wildman–Crippen LogP) is 3.40. The molecule has 1 saturated carbocycles. The minimum Gasteiger partial charge on any atom is -0.386 e. The van der Waals surface area contributed by atoms with Crippen LogP contribution in [0.2, 0.25) is 5.02 Å². The molecule has 1 fully saturated rings. The number of thiocarbonyl (C=S) groups is 1. The van der Waals surface area contributed by atoms with Gasteiger partial charge >= 0.3 is 0 Å². The van der Waals surface area contributed by atoms with E-state index in [1.807, 2.05) is 24.3 Å². The fourth-order valence-corrected chi connectivity index (χ4v) is 3.26. The van der Waals surface area contributed by atoms with Crippen LogP contribution in [0, 0.1) is 0 Å². The van der Waals surface area contributed by atoms with E-state index in [1.54, 1.807) is 11.2 Å². The summed E-state index contributed by atoms with van der Waals surface area (Å²) in [6.45, 7) is 0.303. The second-order valence-electron chi connectivity index (χ2n) is 5.72. The van der Waals surface area contributed by atoms with Crippen LogP contribution in [0.3, 0.4) is 0 Å². The maximum atomic E-state index is 11.2. The Bertz CT molecular complexity index is 603. The Labute approximate surface area is 139 Å². The van der Waals surface area contributed by atoms with Gasteiger partial charge in [0.15, 0.2) is 0 Å². The quantitative estimate of drug-likeness (QED) is 0.657. The molecule has 1 aliphatic heterocycles. The van der Waals surface area contributed by atoms with E-state index in [0.29, 0.717) is 29.4 Å². The third-order valence-electron chi connectivity index (χ3n) is 4.15. The van der Waals surface area contributed by atoms with Crippen molar-refractivity contribution >= 4 is 46.6 Å². The van der Waals surface area contributed by atoms with Gasteiger partial charge in [-0.1, -0.05) is 42.0 Å². The van der Waals surface area contributed by atoms with Crippen molar-refractivity contribution in [3.05, 3.63) is 34.9 Å². The zero-order valence-corrected chi connectivity index (χ0v) is 13.8. The van der Waals surface area contributed by atoms with Gasteiger partial charge in [-0.05, 0) is 24.5 Å². The predicted molar refractivity (Wildman–Crippen MR) is 90.3 cm³/mol. The number of benzene rings is 1. The first-order chi connectivity index (χ1) is 9.94. The van der Waals surface area contributed by atoms with E-state index in [-0.39, 0.29) is 0 Å². The molecule has 21 heavy (non-hydrogen) atoms. The van der Waals surface area contributed by atoms with Gasteiger partial charge in [0.25, 0.3) is 0 Å². The van der Waals surface area contributed by atoms with Crippen LogP contribution < -0.4 is 0 Å². The van der Waals surface area contributed by atoms with Gasteiger partial charge in [0.05, 0.1) is 11.4 Å². The molecule has 0 unspecified atom stereocenters. The van der Waals surface area contributed by atoms with Gasteiger partial charge in [-0.25, -0.2) is 0 Å². The monoisotopic (exact) mass is 342 g/mol. The highest BCUT2D eigenvalue weighted by Gasteiger charge is 2.58. The number of rotatable bonds is 5. The number of aliphatic hydroxyl groups is 1. The van der Waals surface area contributed by atoms with Crippen LogP contribution in [0.1, 0.15) is 24.8 Å². The van der Waals surface area contributed by atoms with E-state index in [1.165, 1.54) is 0 Å². The largest absolute Gasteiger partial charge is 0.386 e. The molecule has 1 heterocycles. The van der Waals surface area contributed by atoms with E-state index in [0.717, 1.165) is 18.4 Å². The molecule has 6 heteroatoms. The highest BCUT2D eigenvalue weighted by atomic mass is 35.5. The third kappa shape index (κ3) is 2.95. The Morgan fingerprint density at radius 2 is 2.10 bits per heavy atom. The first kappa shape index (κ1) is 15.2. The molecule has 1 aromatic carbocycles. The summed E-state index contributed by atoms with van der Waals surface area (Å²) in [6.07, 6.45) is 4.38. The van der Waals surface area contributed by atoms with Crippen molar-refractivity contribution in [3.63, 3.8) is 0 Å². The molecular formula is C15H16Cl2N2OS. The van der Waals surface area contributed by atoms with Crippen LogP contribution in [0.5, 0.6) is 0 Å². The van der Waals surface area contributed by atoms with Crippen LogP contribution in [0.25, 0.3) is 0 Å². The summed E-state index contributed by atoms with van der Waals surface area (Å²) in [5, 5.41) is 17.7. The zero-order chi connectivity index (χ0) is 15.1. The van der Waals surface area contributed by atoms with E-state index >= 15 is 0 Å². The van der Waals surface area contributed by atoms with Crippen LogP contribution >= 0.6 is 35.4 Å². The van der Waals surface area contributed by atoms with E-state index in [4.69, 9.17) is 35.4 Å². The molecule has 1 N–H and O–H groups in total. The lowest BCUT2D eigenvalue weighted by molar-refractivity contribution is 0.00987. The Balaban J connectivity index is 1.85. The third-order valence-corrected chi connectivity index (χ3v) is 5.63. The topological polar surface area (TPSA) is 35.8 Å². The Morgan fingerprint density at radius 3 is 2.67 bits per heavy atom. The summed E-state index contributed by atoms with van der Waals surface area (Å²) in [5.74, 6) is 0. The number of halogens is 2. The second-order valence-corrected chi connectivity index (χ2v) is 7.32. The molecule has 0 spiro atoms. The minimum atomic E-state index is -1.11. The lowest BCUT2D eigenvalue weighted by Gasteiger charge is -2.36. The summed E-state index contributed by atoms with van der Waals surface area (Å²) < 4.78 is 0. The normalized spacial score (nSPS) is 22.4. The molecule has 2 aliphatic rings. The van der Waals surface area contributed by atoms with Gasteiger partial charge in [-0.3, -0.25) is 5.01 Å². The summed E-state index contributed by atoms with van der Waals surface area (Å²) in [7, 11) is 0. The molecule has 112 valence electrons. The molecule has 3 nitrogen and oxygen atoms in total. The molecule has 3 rings (SSSR count). The molecule has 1 aliphatic carbocycles. The summed E-state index contributed by atoms with van der Waals surface area (Å²) in [5.41, 5.74) is -0.214. The van der Waals surface area contributed by atoms with Gasteiger partial charge in [0, 0.05) is 24.1 Å². The van der Waals surface area contributed by atoms with Crippen LogP contribution in [-0.2, 0) is 6.42 Å². The van der Waals surface area contributed by atoms with Gasteiger partial charge < -0.3 is 5.11 Å². The molecule has 1 atom stereocenters. The SMILES string of the molecule is O[C@](Cc1ccccc1Cl)(CN1N=CCC1=S)C1(Cl)CC1. The van der Waals surface area contributed by atoms with E-state index in [2.05, 4.69) is 5.10 Å². The smallest absolute Gasteiger partial charge is 0.107 e. The van der Waals surface area contributed by atoms with Crippen LogP contribution in [0.15, 0.2) is 29.4 Å². The Kier molecular flexibility index (Phi) is 3.99. The molecule has 1 aromatic rings. The first-order valence-corrected chi connectivity index (χ1v) is 8.07. The molecule has 0 saturated heterocycles. The number of β-amino-alcohol motifs (C(OH)–C–C–N with tert-alkyl or cyclic N) is 1. The van der Waals surface area contributed by atoms with Crippen molar-refractivity contribution < 1.29 is 5.11 Å². The van der Waals surface area contributed by atoms with Crippen molar-refractivity contribution in [2.24, 2.45) is 5.10 Å². The van der Waals surface area contributed by atoms with Crippen molar-refractivity contribution in [3.8, 4) is 0 Å². The van der Waals surface area contributed by atoms with Gasteiger partial charge in [0.1, 0.15) is 10.6 Å². The fraction of sp³-hybridized carbons (Fsp3) is 0.467. The average Bonchev–Trinajstić information content (AvgIpc) is 3.09. The minimum absolute atomic E-state index is 0.303. The number of hydrogen-bond acceptors (Lipinski definition) is 3. The molecule has 0 bridgehead atoms.